The van der Waals surface area contributed by atoms with Crippen molar-refractivity contribution in [2.24, 2.45) is 0 Å². The van der Waals surface area contributed by atoms with Crippen LogP contribution < -0.4 is 10.6 Å². The zero-order chi connectivity index (χ0) is 21.3. The molecule has 8 nitrogen and oxygen atoms in total. The van der Waals surface area contributed by atoms with E-state index in [0.717, 1.165) is 25.9 Å². The van der Waals surface area contributed by atoms with Crippen LogP contribution in [0.1, 0.15) is 80.1 Å². The highest BCUT2D eigenvalue weighted by molar-refractivity contribution is 5.75. The highest BCUT2D eigenvalue weighted by atomic mass is 16.5. The maximum atomic E-state index is 11.6. The van der Waals surface area contributed by atoms with Gasteiger partial charge in [0.1, 0.15) is 6.04 Å². The number of hydrogen-bond donors (Lipinski definition) is 2. The Morgan fingerprint density at radius 3 is 1.75 bits per heavy atom. The fourth-order valence-electron chi connectivity index (χ4n) is 2.45. The van der Waals surface area contributed by atoms with Crippen LogP contribution >= 0.6 is 0 Å². The Bertz CT molecular complexity index is 380. The summed E-state index contributed by atoms with van der Waals surface area (Å²) in [6.45, 7) is 10.8. The Hall–Kier alpha value is -1.85. The second kappa shape index (κ2) is 29.9. The first-order valence-corrected chi connectivity index (χ1v) is 9.64. The Morgan fingerprint density at radius 1 is 0.857 bits per heavy atom. The lowest BCUT2D eigenvalue weighted by Crippen LogP contribution is -2.38. The number of ether oxygens (including phenoxy) is 1. The van der Waals surface area contributed by atoms with Gasteiger partial charge >= 0.3 is 18.3 Å². The molecule has 0 radical (unpaired) electrons. The largest absolute Gasteiger partial charge is 0.465 e. The normalized spacial score (nSPS) is 11.0. The van der Waals surface area contributed by atoms with Crippen molar-refractivity contribution < 1.29 is 28.7 Å². The fraction of sp³-hybridized carbons (Fsp3) is 0.850. The number of esters is 1. The van der Waals surface area contributed by atoms with Crippen LogP contribution in [0, 0.1) is 0 Å². The zero-order valence-electron chi connectivity index (χ0n) is 17.2. The van der Waals surface area contributed by atoms with E-state index in [-0.39, 0.29) is 31.7 Å². The van der Waals surface area contributed by atoms with E-state index >= 15 is 0 Å². The molecule has 0 fully saturated rings. The van der Waals surface area contributed by atoms with Gasteiger partial charge in [0.25, 0.3) is 0 Å². The molecule has 8 heteroatoms. The minimum Gasteiger partial charge on any atom is -0.465 e. The molecule has 0 aromatic carbocycles. The maximum Gasteiger partial charge on any atom is 0.373 e. The molecule has 0 amide bonds. The Kier molecular flexibility index (Phi) is 36.0. The molecule has 0 rings (SSSR count). The number of carbonyl (C=O) groups is 1. The van der Waals surface area contributed by atoms with E-state index in [1.807, 2.05) is 13.8 Å². The van der Waals surface area contributed by atoms with Gasteiger partial charge in [-0.15, -0.1) is 0 Å². The van der Waals surface area contributed by atoms with Crippen molar-refractivity contribution in [1.82, 2.24) is 10.6 Å². The molecule has 0 aromatic heterocycles. The molecular formula is C20H40N2O6. The van der Waals surface area contributed by atoms with Crippen LogP contribution in [0.3, 0.4) is 0 Å². The fourth-order valence-corrected chi connectivity index (χ4v) is 2.45. The third-order valence-electron chi connectivity index (χ3n) is 3.79. The van der Waals surface area contributed by atoms with Crippen LogP contribution in [0.4, 0.5) is 0 Å². The van der Waals surface area contributed by atoms with E-state index in [9.17, 15) is 4.79 Å². The summed E-state index contributed by atoms with van der Waals surface area (Å²) in [4.78, 5) is 44.1. The van der Waals surface area contributed by atoms with Gasteiger partial charge in [0.05, 0.1) is 6.61 Å². The van der Waals surface area contributed by atoms with Crippen LogP contribution in [0.15, 0.2) is 0 Å². The predicted octanol–water partition coefficient (Wildman–Crippen LogP) is 2.73. The molecule has 0 aliphatic heterocycles. The molecule has 0 spiro atoms. The quantitative estimate of drug-likeness (QED) is 0.335. The summed E-state index contributed by atoms with van der Waals surface area (Å²) in [7, 11) is 0. The summed E-state index contributed by atoms with van der Waals surface area (Å²) in [6.07, 6.45) is 8.54. The molecule has 166 valence electrons. The van der Waals surface area contributed by atoms with Gasteiger partial charge in [-0.2, -0.15) is 19.2 Å². The SMILES string of the molecule is C.CCCC(CC)NCCCCCNC(CC)C(=O)OCC.O=C=O.O=C=O. The molecule has 2 unspecified atom stereocenters. The van der Waals surface area contributed by atoms with Gasteiger partial charge in [0.15, 0.2) is 0 Å². The van der Waals surface area contributed by atoms with Crippen molar-refractivity contribution in [2.45, 2.75) is 92.2 Å². The molecular weight excluding hydrogens is 364 g/mol. The molecule has 0 saturated heterocycles. The summed E-state index contributed by atoms with van der Waals surface area (Å²) in [5.74, 6) is -0.119. The average molecular weight is 405 g/mol. The van der Waals surface area contributed by atoms with Gasteiger partial charge in [-0.25, -0.2) is 0 Å². The van der Waals surface area contributed by atoms with Gasteiger partial charge in [-0.3, -0.25) is 4.79 Å². The first-order chi connectivity index (χ1) is 13.0. The van der Waals surface area contributed by atoms with Gasteiger partial charge < -0.3 is 15.4 Å². The summed E-state index contributed by atoms with van der Waals surface area (Å²) >= 11 is 0. The van der Waals surface area contributed by atoms with Crippen molar-refractivity contribution in [1.29, 1.82) is 0 Å². The third-order valence-corrected chi connectivity index (χ3v) is 3.79. The summed E-state index contributed by atoms with van der Waals surface area (Å²) < 4.78 is 5.04. The molecule has 0 aromatic rings. The number of rotatable bonds is 14. The molecule has 28 heavy (non-hydrogen) atoms. The predicted molar refractivity (Wildman–Crippen MR) is 106 cm³/mol. The average Bonchev–Trinajstić information content (AvgIpc) is 2.64. The minimum atomic E-state index is -0.142. The molecule has 2 atom stereocenters. The van der Waals surface area contributed by atoms with E-state index in [0.29, 0.717) is 12.6 Å². The second-order valence-corrected chi connectivity index (χ2v) is 5.74. The number of nitrogens with one attached hydrogen (secondary N) is 2. The van der Waals surface area contributed by atoms with Crippen LogP contribution in [0.5, 0.6) is 0 Å². The van der Waals surface area contributed by atoms with E-state index in [1.54, 1.807) is 0 Å². The van der Waals surface area contributed by atoms with Crippen molar-refractivity contribution in [2.75, 3.05) is 19.7 Å². The van der Waals surface area contributed by atoms with Crippen molar-refractivity contribution >= 4 is 18.3 Å². The summed E-state index contributed by atoms with van der Waals surface area (Å²) in [5.41, 5.74) is 0. The Balaban J connectivity index is -0.000000362. The third kappa shape index (κ3) is 26.4. The van der Waals surface area contributed by atoms with Crippen LogP contribution in [-0.4, -0.2) is 50.1 Å². The molecule has 0 saturated carbocycles. The van der Waals surface area contributed by atoms with Crippen molar-refractivity contribution in [3.05, 3.63) is 0 Å². The highest BCUT2D eigenvalue weighted by Crippen LogP contribution is 2.02. The van der Waals surface area contributed by atoms with E-state index in [4.69, 9.17) is 23.9 Å². The second-order valence-electron chi connectivity index (χ2n) is 5.74. The van der Waals surface area contributed by atoms with E-state index < -0.39 is 0 Å². The monoisotopic (exact) mass is 404 g/mol. The van der Waals surface area contributed by atoms with E-state index in [1.165, 1.54) is 32.1 Å². The van der Waals surface area contributed by atoms with Crippen molar-refractivity contribution in [3.63, 3.8) is 0 Å². The summed E-state index contributed by atoms with van der Waals surface area (Å²) in [5, 5.41) is 6.91. The minimum absolute atomic E-state index is 0. The lowest BCUT2D eigenvalue weighted by atomic mass is 10.1. The van der Waals surface area contributed by atoms with Crippen LogP contribution in [-0.2, 0) is 28.7 Å². The molecule has 0 heterocycles. The standard InChI is InChI=1S/C17H36N2O2.2CO2.CH4/c1-5-12-15(6-2)18-13-10-9-11-14-19-16(7-3)17(20)21-8-4;2*2-1-3;/h15-16,18-19H,5-14H2,1-4H3;;;1H4. The lowest BCUT2D eigenvalue weighted by molar-refractivity contribution is -0.193. The maximum absolute atomic E-state index is 11.6. The molecule has 2 N–H and O–H groups in total. The van der Waals surface area contributed by atoms with Gasteiger partial charge in [-0.1, -0.05) is 41.0 Å². The van der Waals surface area contributed by atoms with Crippen molar-refractivity contribution in [3.8, 4) is 0 Å². The first-order valence-electron chi connectivity index (χ1n) is 9.64. The zero-order valence-corrected chi connectivity index (χ0v) is 17.2. The number of carbonyl (C=O) groups excluding carboxylic acids is 5. The summed E-state index contributed by atoms with van der Waals surface area (Å²) in [6, 6.07) is 0.540. The molecule has 0 aliphatic rings. The van der Waals surface area contributed by atoms with Gasteiger partial charge in [0.2, 0.25) is 0 Å². The molecule has 0 aliphatic carbocycles. The highest BCUT2D eigenvalue weighted by Gasteiger charge is 2.15. The van der Waals surface area contributed by atoms with Crippen LogP contribution in [0.2, 0.25) is 0 Å². The molecule has 0 bridgehead atoms. The lowest BCUT2D eigenvalue weighted by Gasteiger charge is -2.16. The topological polar surface area (TPSA) is 119 Å². The van der Waals surface area contributed by atoms with Crippen LogP contribution in [0.25, 0.3) is 0 Å². The van der Waals surface area contributed by atoms with Gasteiger partial charge in [0, 0.05) is 6.04 Å². The Morgan fingerprint density at radius 2 is 1.36 bits per heavy atom. The first kappa shape index (κ1) is 33.7. The Labute approximate surface area is 170 Å². The number of unbranched alkanes of at least 4 members (excludes halogenated alkanes) is 2. The number of hydrogen-bond acceptors (Lipinski definition) is 8. The smallest absolute Gasteiger partial charge is 0.373 e. The van der Waals surface area contributed by atoms with E-state index in [2.05, 4.69) is 24.5 Å². The van der Waals surface area contributed by atoms with Gasteiger partial charge in [-0.05, 0) is 52.1 Å².